The molecule has 22 heavy (non-hydrogen) atoms. The van der Waals surface area contributed by atoms with Gasteiger partial charge < -0.3 is 15.0 Å². The van der Waals surface area contributed by atoms with Crippen LogP contribution in [0.2, 0.25) is 0 Å². The molecule has 1 aromatic heterocycles. The quantitative estimate of drug-likeness (QED) is 0.923. The van der Waals surface area contributed by atoms with Crippen LogP contribution in [0.25, 0.3) is 0 Å². The Morgan fingerprint density at radius 3 is 2.55 bits per heavy atom. The number of ether oxygens (including phenoxy) is 1. The first kappa shape index (κ1) is 16.3. The van der Waals surface area contributed by atoms with Crippen molar-refractivity contribution in [3.63, 3.8) is 0 Å². The lowest BCUT2D eigenvalue weighted by Gasteiger charge is -2.17. The first-order valence-corrected chi connectivity index (χ1v) is 7.60. The molecule has 1 atom stereocenters. The van der Waals surface area contributed by atoms with E-state index in [9.17, 15) is 4.79 Å². The lowest BCUT2D eigenvalue weighted by atomic mass is 9.98. The number of hydrogen-bond acceptors (Lipinski definition) is 3. The van der Waals surface area contributed by atoms with Crippen LogP contribution >= 0.6 is 0 Å². The first-order chi connectivity index (χ1) is 10.5. The van der Waals surface area contributed by atoms with Gasteiger partial charge in [0.1, 0.15) is 5.75 Å². The molecular weight excluding hydrogens is 276 g/mol. The van der Waals surface area contributed by atoms with Crippen molar-refractivity contribution in [2.45, 2.75) is 39.8 Å². The highest BCUT2D eigenvalue weighted by Crippen LogP contribution is 2.24. The average Bonchev–Trinajstić information content (AvgIpc) is 2.51. The number of aromatic nitrogens is 1. The molecule has 2 N–H and O–H groups in total. The highest BCUT2D eigenvalue weighted by molar-refractivity contribution is 5.40. The second-order valence-electron chi connectivity index (χ2n) is 5.59. The van der Waals surface area contributed by atoms with E-state index in [0.717, 1.165) is 29.0 Å². The molecule has 0 amide bonds. The Labute approximate surface area is 131 Å². The highest BCUT2D eigenvalue weighted by Gasteiger charge is 2.16. The molecule has 0 radical (unpaired) electrons. The molecule has 0 saturated heterocycles. The molecule has 118 valence electrons. The van der Waals surface area contributed by atoms with Gasteiger partial charge in [-0.25, -0.2) is 0 Å². The van der Waals surface area contributed by atoms with Gasteiger partial charge in [-0.05, 0) is 49.6 Å². The molecule has 4 nitrogen and oxygen atoms in total. The summed E-state index contributed by atoms with van der Waals surface area (Å²) in [6.07, 6.45) is 0.918. The molecule has 0 aliphatic carbocycles. The molecular formula is C18H24N2O2. The van der Waals surface area contributed by atoms with Gasteiger partial charge in [-0.2, -0.15) is 0 Å². The van der Waals surface area contributed by atoms with Crippen molar-refractivity contribution in [2.75, 3.05) is 7.11 Å². The molecule has 1 unspecified atom stereocenters. The standard InChI is InChI=1S/C18H24N2O2/c1-5-10-20-13(3)6-8-15(18(20)21)17(19)14-7-9-16(22-4)12(2)11-14/h6-9,11,17H,5,10,19H2,1-4H3. The van der Waals surface area contributed by atoms with E-state index in [-0.39, 0.29) is 5.56 Å². The van der Waals surface area contributed by atoms with Crippen molar-refractivity contribution < 1.29 is 4.74 Å². The Balaban J connectivity index is 2.45. The van der Waals surface area contributed by atoms with Crippen LogP contribution in [0.15, 0.2) is 35.1 Å². The Morgan fingerprint density at radius 1 is 1.23 bits per heavy atom. The minimum Gasteiger partial charge on any atom is -0.496 e. The maximum Gasteiger partial charge on any atom is 0.255 e. The summed E-state index contributed by atoms with van der Waals surface area (Å²) in [7, 11) is 1.64. The van der Waals surface area contributed by atoms with Crippen molar-refractivity contribution in [1.82, 2.24) is 4.57 Å². The van der Waals surface area contributed by atoms with E-state index in [2.05, 4.69) is 6.92 Å². The minimum atomic E-state index is -0.430. The fourth-order valence-electron chi connectivity index (χ4n) is 2.70. The second-order valence-corrected chi connectivity index (χ2v) is 5.59. The van der Waals surface area contributed by atoms with E-state index in [0.29, 0.717) is 12.1 Å². The number of nitrogens with two attached hydrogens (primary N) is 1. The fourth-order valence-corrected chi connectivity index (χ4v) is 2.70. The van der Waals surface area contributed by atoms with E-state index in [1.807, 2.05) is 44.2 Å². The summed E-state index contributed by atoms with van der Waals surface area (Å²) in [5, 5.41) is 0. The van der Waals surface area contributed by atoms with Crippen molar-refractivity contribution in [1.29, 1.82) is 0 Å². The smallest absolute Gasteiger partial charge is 0.255 e. The molecule has 0 saturated carbocycles. The lowest BCUT2D eigenvalue weighted by Crippen LogP contribution is -2.30. The Morgan fingerprint density at radius 2 is 1.95 bits per heavy atom. The maximum atomic E-state index is 12.7. The van der Waals surface area contributed by atoms with Crippen molar-refractivity contribution in [3.05, 3.63) is 63.1 Å². The van der Waals surface area contributed by atoms with Crippen LogP contribution in [0.5, 0.6) is 5.75 Å². The minimum absolute atomic E-state index is 0.00261. The van der Waals surface area contributed by atoms with Gasteiger partial charge in [-0.1, -0.05) is 19.1 Å². The summed E-state index contributed by atoms with van der Waals surface area (Å²) in [4.78, 5) is 12.7. The van der Waals surface area contributed by atoms with Gasteiger partial charge >= 0.3 is 0 Å². The number of pyridine rings is 1. The van der Waals surface area contributed by atoms with E-state index < -0.39 is 6.04 Å². The fraction of sp³-hybridized carbons (Fsp3) is 0.389. The van der Waals surface area contributed by atoms with Gasteiger partial charge in [0.2, 0.25) is 0 Å². The van der Waals surface area contributed by atoms with Crippen LogP contribution in [0.3, 0.4) is 0 Å². The maximum absolute atomic E-state index is 12.7. The Hall–Kier alpha value is -2.07. The molecule has 1 aromatic carbocycles. The summed E-state index contributed by atoms with van der Waals surface area (Å²) < 4.78 is 7.07. The van der Waals surface area contributed by atoms with Crippen LogP contribution < -0.4 is 16.0 Å². The van der Waals surface area contributed by atoms with Gasteiger partial charge in [0.15, 0.2) is 0 Å². The van der Waals surface area contributed by atoms with Crippen molar-refractivity contribution in [3.8, 4) is 5.75 Å². The number of methoxy groups -OCH3 is 1. The summed E-state index contributed by atoms with van der Waals surface area (Å²) >= 11 is 0. The summed E-state index contributed by atoms with van der Waals surface area (Å²) in [6, 6.07) is 9.16. The normalized spacial score (nSPS) is 12.2. The van der Waals surface area contributed by atoms with E-state index in [1.54, 1.807) is 11.7 Å². The predicted molar refractivity (Wildman–Crippen MR) is 89.5 cm³/mol. The predicted octanol–water partition coefficient (Wildman–Crippen LogP) is 2.93. The third kappa shape index (κ3) is 3.07. The van der Waals surface area contributed by atoms with Crippen LogP contribution in [0.4, 0.5) is 0 Å². The Bertz CT molecular complexity index is 720. The number of rotatable bonds is 5. The van der Waals surface area contributed by atoms with E-state index >= 15 is 0 Å². The first-order valence-electron chi connectivity index (χ1n) is 7.60. The molecule has 0 fully saturated rings. The molecule has 2 rings (SSSR count). The third-order valence-electron chi connectivity index (χ3n) is 3.98. The monoisotopic (exact) mass is 300 g/mol. The van der Waals surface area contributed by atoms with Gasteiger partial charge in [0.25, 0.3) is 5.56 Å². The van der Waals surface area contributed by atoms with Crippen LogP contribution in [0, 0.1) is 13.8 Å². The van der Waals surface area contributed by atoms with Gasteiger partial charge in [-0.3, -0.25) is 4.79 Å². The van der Waals surface area contributed by atoms with Crippen LogP contribution in [0.1, 0.15) is 41.8 Å². The third-order valence-corrected chi connectivity index (χ3v) is 3.98. The average molecular weight is 300 g/mol. The van der Waals surface area contributed by atoms with Gasteiger partial charge in [0, 0.05) is 17.8 Å². The summed E-state index contributed by atoms with van der Waals surface area (Å²) in [6.45, 7) is 6.70. The van der Waals surface area contributed by atoms with Crippen LogP contribution in [-0.4, -0.2) is 11.7 Å². The molecule has 2 aromatic rings. The summed E-state index contributed by atoms with van der Waals surface area (Å²) in [5.74, 6) is 0.822. The molecule has 0 aliphatic rings. The molecule has 0 bridgehead atoms. The van der Waals surface area contributed by atoms with E-state index in [1.165, 1.54) is 0 Å². The topological polar surface area (TPSA) is 57.2 Å². The molecule has 0 spiro atoms. The second kappa shape index (κ2) is 6.79. The number of nitrogens with zero attached hydrogens (tertiary/aromatic N) is 1. The largest absolute Gasteiger partial charge is 0.496 e. The number of hydrogen-bond donors (Lipinski definition) is 1. The lowest BCUT2D eigenvalue weighted by molar-refractivity contribution is 0.411. The van der Waals surface area contributed by atoms with Crippen molar-refractivity contribution in [2.24, 2.45) is 5.73 Å². The number of aryl methyl sites for hydroxylation is 2. The SMILES string of the molecule is CCCn1c(C)ccc(C(N)c2ccc(OC)c(C)c2)c1=O. The zero-order valence-corrected chi connectivity index (χ0v) is 13.7. The summed E-state index contributed by atoms with van der Waals surface area (Å²) in [5.41, 5.74) is 9.87. The molecule has 1 heterocycles. The van der Waals surface area contributed by atoms with Crippen molar-refractivity contribution >= 4 is 0 Å². The molecule has 4 heteroatoms. The van der Waals surface area contributed by atoms with Gasteiger partial charge in [0.05, 0.1) is 13.2 Å². The highest BCUT2D eigenvalue weighted by atomic mass is 16.5. The van der Waals surface area contributed by atoms with Gasteiger partial charge in [-0.15, -0.1) is 0 Å². The van der Waals surface area contributed by atoms with E-state index in [4.69, 9.17) is 10.5 Å². The Kier molecular flexibility index (Phi) is 5.03. The number of benzene rings is 1. The zero-order valence-electron chi connectivity index (χ0n) is 13.7. The molecule has 0 aliphatic heterocycles. The zero-order chi connectivity index (χ0) is 16.3. The van der Waals surface area contributed by atoms with Crippen LogP contribution in [-0.2, 0) is 6.54 Å².